The predicted molar refractivity (Wildman–Crippen MR) is 88.0 cm³/mol. The summed E-state index contributed by atoms with van der Waals surface area (Å²) >= 11 is 1.66. The minimum absolute atomic E-state index is 0.0998. The van der Waals surface area contributed by atoms with Crippen LogP contribution in [0.2, 0.25) is 0 Å². The molecule has 0 saturated carbocycles. The molecule has 0 spiro atoms. The van der Waals surface area contributed by atoms with Crippen molar-refractivity contribution in [3.8, 4) is 0 Å². The first-order valence-electron chi connectivity index (χ1n) is 6.81. The van der Waals surface area contributed by atoms with Crippen LogP contribution >= 0.6 is 11.8 Å². The van der Waals surface area contributed by atoms with E-state index in [1.165, 1.54) is 16.3 Å². The Bertz CT molecular complexity index is 596. The van der Waals surface area contributed by atoms with Crippen LogP contribution in [0, 0.1) is 0 Å². The number of thioether (sulfide) groups is 1. The van der Waals surface area contributed by atoms with E-state index in [1.807, 2.05) is 20.8 Å². The molecule has 0 atom stereocenters. The minimum atomic E-state index is -0.156. The fraction of sp³-hybridized carbons (Fsp3) is 0.353. The Balaban J connectivity index is 1.95. The average molecular weight is 287 g/mol. The highest BCUT2D eigenvalue weighted by Gasteiger charge is 2.13. The van der Waals surface area contributed by atoms with Gasteiger partial charge in [0.1, 0.15) is 0 Å². The first-order valence-corrected chi connectivity index (χ1v) is 7.96. The minimum Gasteiger partial charge on any atom is -0.351 e. The normalized spacial score (nSPS) is 11.6. The zero-order chi connectivity index (χ0) is 14.6. The smallest absolute Gasteiger partial charge is 0.230 e. The Morgan fingerprint density at radius 3 is 2.55 bits per heavy atom. The number of rotatable bonds is 4. The van der Waals surface area contributed by atoms with E-state index < -0.39 is 0 Å². The van der Waals surface area contributed by atoms with Gasteiger partial charge in [-0.3, -0.25) is 4.79 Å². The highest BCUT2D eigenvalue weighted by atomic mass is 32.2. The molecule has 1 amide bonds. The van der Waals surface area contributed by atoms with E-state index in [4.69, 9.17) is 0 Å². The third-order valence-corrected chi connectivity index (χ3v) is 3.87. The SMILES string of the molecule is CC(C)(C)NC(=O)CSCc1cccc2ccccc12. The second-order valence-electron chi connectivity index (χ2n) is 5.93. The highest BCUT2D eigenvalue weighted by molar-refractivity contribution is 7.99. The summed E-state index contributed by atoms with van der Waals surface area (Å²) in [5.74, 6) is 1.46. The summed E-state index contributed by atoms with van der Waals surface area (Å²) in [5.41, 5.74) is 1.13. The Labute approximate surface area is 125 Å². The highest BCUT2D eigenvalue weighted by Crippen LogP contribution is 2.22. The third kappa shape index (κ3) is 4.27. The predicted octanol–water partition coefficient (Wildman–Crippen LogP) is 3.99. The summed E-state index contributed by atoms with van der Waals surface area (Å²) in [6, 6.07) is 14.7. The molecule has 0 bridgehead atoms. The summed E-state index contributed by atoms with van der Waals surface area (Å²) < 4.78 is 0. The largest absolute Gasteiger partial charge is 0.351 e. The molecule has 0 aromatic heterocycles. The number of carbonyl (C=O) groups is 1. The molecule has 2 rings (SSSR count). The van der Waals surface area contributed by atoms with Gasteiger partial charge in [0.2, 0.25) is 5.91 Å². The van der Waals surface area contributed by atoms with Gasteiger partial charge in [-0.05, 0) is 37.1 Å². The summed E-state index contributed by atoms with van der Waals surface area (Å²) in [6.45, 7) is 6.00. The van der Waals surface area contributed by atoms with Gasteiger partial charge in [-0.1, -0.05) is 42.5 Å². The van der Waals surface area contributed by atoms with Crippen molar-refractivity contribution in [2.75, 3.05) is 5.75 Å². The number of hydrogen-bond acceptors (Lipinski definition) is 2. The van der Waals surface area contributed by atoms with Crippen LogP contribution in [0.25, 0.3) is 10.8 Å². The van der Waals surface area contributed by atoms with Crippen LogP contribution in [0.15, 0.2) is 42.5 Å². The van der Waals surface area contributed by atoms with E-state index in [-0.39, 0.29) is 11.4 Å². The number of benzene rings is 2. The van der Waals surface area contributed by atoms with E-state index in [0.717, 1.165) is 5.75 Å². The van der Waals surface area contributed by atoms with Gasteiger partial charge in [0.05, 0.1) is 5.75 Å². The second kappa shape index (κ2) is 6.31. The van der Waals surface area contributed by atoms with Crippen molar-refractivity contribution < 1.29 is 4.79 Å². The van der Waals surface area contributed by atoms with E-state index in [0.29, 0.717) is 5.75 Å². The molecule has 0 aliphatic carbocycles. The number of hydrogen-bond donors (Lipinski definition) is 1. The first-order chi connectivity index (χ1) is 9.46. The maximum absolute atomic E-state index is 11.8. The van der Waals surface area contributed by atoms with Crippen molar-refractivity contribution in [2.45, 2.75) is 32.1 Å². The fourth-order valence-electron chi connectivity index (χ4n) is 2.13. The lowest BCUT2D eigenvalue weighted by Gasteiger charge is -2.20. The molecule has 3 heteroatoms. The van der Waals surface area contributed by atoms with Crippen molar-refractivity contribution in [2.24, 2.45) is 0 Å². The lowest BCUT2D eigenvalue weighted by atomic mass is 10.1. The van der Waals surface area contributed by atoms with Gasteiger partial charge in [0, 0.05) is 11.3 Å². The lowest BCUT2D eigenvalue weighted by molar-refractivity contribution is -0.119. The molecule has 0 saturated heterocycles. The van der Waals surface area contributed by atoms with Crippen LogP contribution < -0.4 is 5.32 Å². The molecule has 2 nitrogen and oxygen atoms in total. The maximum Gasteiger partial charge on any atom is 0.230 e. The van der Waals surface area contributed by atoms with Crippen molar-refractivity contribution >= 4 is 28.4 Å². The van der Waals surface area contributed by atoms with Gasteiger partial charge >= 0.3 is 0 Å². The quantitative estimate of drug-likeness (QED) is 0.921. The Hall–Kier alpha value is -1.48. The molecule has 0 fully saturated rings. The molecule has 20 heavy (non-hydrogen) atoms. The Morgan fingerprint density at radius 2 is 1.80 bits per heavy atom. The zero-order valence-corrected chi connectivity index (χ0v) is 13.1. The van der Waals surface area contributed by atoms with Crippen LogP contribution in [0.4, 0.5) is 0 Å². The van der Waals surface area contributed by atoms with Crippen LogP contribution in [0.3, 0.4) is 0 Å². The molecular formula is C17H21NOS. The first kappa shape index (κ1) is 14.9. The summed E-state index contributed by atoms with van der Waals surface area (Å²) in [5, 5.41) is 5.51. The van der Waals surface area contributed by atoms with Gasteiger partial charge in [0.15, 0.2) is 0 Å². The van der Waals surface area contributed by atoms with E-state index in [2.05, 4.69) is 47.8 Å². The molecule has 2 aromatic rings. The van der Waals surface area contributed by atoms with Crippen molar-refractivity contribution in [1.29, 1.82) is 0 Å². The number of fused-ring (bicyclic) bond motifs is 1. The van der Waals surface area contributed by atoms with Crippen LogP contribution in [-0.2, 0) is 10.5 Å². The molecule has 106 valence electrons. The molecular weight excluding hydrogens is 266 g/mol. The Kier molecular flexibility index (Phi) is 4.71. The number of amides is 1. The van der Waals surface area contributed by atoms with Gasteiger partial charge in [-0.25, -0.2) is 0 Å². The topological polar surface area (TPSA) is 29.1 Å². The zero-order valence-electron chi connectivity index (χ0n) is 12.3. The molecule has 1 N–H and O–H groups in total. The van der Waals surface area contributed by atoms with Crippen molar-refractivity contribution in [3.05, 3.63) is 48.0 Å². The third-order valence-electron chi connectivity index (χ3n) is 2.89. The standard InChI is InChI=1S/C17H21NOS/c1-17(2,3)18-16(19)12-20-11-14-9-6-8-13-7-4-5-10-15(13)14/h4-10H,11-12H2,1-3H3,(H,18,19). The summed E-state index contributed by atoms with van der Waals surface area (Å²) in [4.78, 5) is 11.8. The van der Waals surface area contributed by atoms with Crippen molar-refractivity contribution in [3.63, 3.8) is 0 Å². The van der Waals surface area contributed by atoms with Crippen LogP contribution in [-0.4, -0.2) is 17.2 Å². The number of nitrogens with one attached hydrogen (secondary N) is 1. The molecule has 0 aliphatic rings. The Morgan fingerprint density at radius 1 is 1.10 bits per heavy atom. The second-order valence-corrected chi connectivity index (χ2v) is 6.91. The van der Waals surface area contributed by atoms with E-state index >= 15 is 0 Å². The fourth-order valence-corrected chi connectivity index (χ4v) is 2.96. The maximum atomic E-state index is 11.8. The van der Waals surface area contributed by atoms with E-state index in [1.54, 1.807) is 11.8 Å². The summed E-state index contributed by atoms with van der Waals surface area (Å²) in [6.07, 6.45) is 0. The van der Waals surface area contributed by atoms with Gasteiger partial charge in [0.25, 0.3) is 0 Å². The van der Waals surface area contributed by atoms with Crippen LogP contribution in [0.5, 0.6) is 0 Å². The van der Waals surface area contributed by atoms with E-state index in [9.17, 15) is 4.79 Å². The van der Waals surface area contributed by atoms with Gasteiger partial charge in [-0.15, -0.1) is 11.8 Å². The summed E-state index contributed by atoms with van der Waals surface area (Å²) in [7, 11) is 0. The molecule has 2 aromatic carbocycles. The molecule has 0 unspecified atom stereocenters. The number of carbonyl (C=O) groups excluding carboxylic acids is 1. The van der Waals surface area contributed by atoms with Gasteiger partial charge in [-0.2, -0.15) is 0 Å². The monoisotopic (exact) mass is 287 g/mol. The molecule has 0 heterocycles. The van der Waals surface area contributed by atoms with Gasteiger partial charge < -0.3 is 5.32 Å². The van der Waals surface area contributed by atoms with Crippen molar-refractivity contribution in [1.82, 2.24) is 5.32 Å². The lowest BCUT2D eigenvalue weighted by Crippen LogP contribution is -2.41. The molecule has 0 aliphatic heterocycles. The average Bonchev–Trinajstić information content (AvgIpc) is 2.37. The molecule has 0 radical (unpaired) electrons. The van der Waals surface area contributed by atoms with Crippen LogP contribution in [0.1, 0.15) is 26.3 Å².